The molecule has 0 aliphatic rings. The van der Waals surface area contributed by atoms with Crippen LogP contribution < -0.4 is 0 Å². The molecular formula is C11H15NS. The van der Waals surface area contributed by atoms with E-state index in [1.807, 2.05) is 37.4 Å². The first-order chi connectivity index (χ1) is 6.29. The Kier molecular flexibility index (Phi) is 3.43. The average molecular weight is 193 g/mol. The normalized spacial score (nSPS) is 9.54. The summed E-state index contributed by atoms with van der Waals surface area (Å²) in [7, 11) is 0. The maximum absolute atomic E-state index is 4.31. The van der Waals surface area contributed by atoms with Crippen molar-refractivity contribution in [1.29, 1.82) is 0 Å². The largest absolute Gasteiger partial charge is 0.255 e. The van der Waals surface area contributed by atoms with Gasteiger partial charge in [-0.3, -0.25) is 4.98 Å². The van der Waals surface area contributed by atoms with Crippen molar-refractivity contribution < 1.29 is 0 Å². The summed E-state index contributed by atoms with van der Waals surface area (Å²) in [6.07, 6.45) is 1.85. The summed E-state index contributed by atoms with van der Waals surface area (Å²) in [6, 6.07) is 4.10. The van der Waals surface area contributed by atoms with E-state index in [2.05, 4.69) is 24.9 Å². The van der Waals surface area contributed by atoms with Crippen LogP contribution in [0.1, 0.15) is 24.3 Å². The van der Waals surface area contributed by atoms with Crippen molar-refractivity contribution in [3.63, 3.8) is 0 Å². The van der Waals surface area contributed by atoms with Gasteiger partial charge in [-0.2, -0.15) is 0 Å². The molecule has 2 aromatic rings. The molecule has 0 radical (unpaired) electrons. The summed E-state index contributed by atoms with van der Waals surface area (Å²) >= 11 is 1.82. The standard InChI is InChI=1S/C9H9NS.C2H6/c1-6-7(2)11-8-4-3-5-10-9(6)8;1-2/h3-5H,1-2H3;1-2H3. The Hall–Kier alpha value is -0.890. The second-order valence-electron chi connectivity index (χ2n) is 2.63. The van der Waals surface area contributed by atoms with Gasteiger partial charge in [-0.1, -0.05) is 13.8 Å². The number of nitrogens with zero attached hydrogens (tertiary/aromatic N) is 1. The first kappa shape index (κ1) is 10.2. The van der Waals surface area contributed by atoms with Gasteiger partial charge in [0.15, 0.2) is 0 Å². The minimum Gasteiger partial charge on any atom is -0.255 e. The summed E-state index contributed by atoms with van der Waals surface area (Å²) in [6.45, 7) is 8.27. The van der Waals surface area contributed by atoms with Crippen molar-refractivity contribution in [2.45, 2.75) is 27.7 Å². The number of pyridine rings is 1. The van der Waals surface area contributed by atoms with Crippen molar-refractivity contribution in [2.24, 2.45) is 0 Å². The highest BCUT2D eigenvalue weighted by atomic mass is 32.1. The van der Waals surface area contributed by atoms with Crippen molar-refractivity contribution >= 4 is 21.6 Å². The predicted octanol–water partition coefficient (Wildman–Crippen LogP) is 3.94. The van der Waals surface area contributed by atoms with E-state index in [0.717, 1.165) is 5.52 Å². The number of aryl methyl sites for hydroxylation is 2. The van der Waals surface area contributed by atoms with Crippen LogP contribution in [0, 0.1) is 13.8 Å². The Morgan fingerprint density at radius 1 is 1.23 bits per heavy atom. The van der Waals surface area contributed by atoms with Crippen LogP contribution >= 0.6 is 11.3 Å². The SMILES string of the molecule is CC.Cc1sc2cccnc2c1C. The van der Waals surface area contributed by atoms with Crippen molar-refractivity contribution in [1.82, 2.24) is 4.98 Å². The molecule has 0 unspecified atom stereocenters. The minimum absolute atomic E-state index is 1.16. The van der Waals surface area contributed by atoms with Gasteiger partial charge in [0.1, 0.15) is 0 Å². The average Bonchev–Trinajstić information content (AvgIpc) is 2.47. The van der Waals surface area contributed by atoms with Crippen LogP contribution in [-0.4, -0.2) is 4.98 Å². The second-order valence-corrected chi connectivity index (χ2v) is 3.89. The molecule has 2 heterocycles. The molecule has 0 saturated carbocycles. The maximum Gasteiger partial charge on any atom is 0.0841 e. The van der Waals surface area contributed by atoms with Crippen LogP contribution in [-0.2, 0) is 0 Å². The molecule has 2 rings (SSSR count). The smallest absolute Gasteiger partial charge is 0.0841 e. The molecule has 0 amide bonds. The Balaban J connectivity index is 0.000000396. The summed E-state index contributed by atoms with van der Waals surface area (Å²) in [5, 5.41) is 0. The Morgan fingerprint density at radius 3 is 2.54 bits per heavy atom. The molecule has 0 bridgehead atoms. The van der Waals surface area contributed by atoms with E-state index in [9.17, 15) is 0 Å². The van der Waals surface area contributed by atoms with Crippen LogP contribution in [0.25, 0.3) is 10.2 Å². The molecule has 2 aromatic heterocycles. The van der Waals surface area contributed by atoms with Crippen LogP contribution in [0.3, 0.4) is 0 Å². The monoisotopic (exact) mass is 193 g/mol. The highest BCUT2D eigenvalue weighted by Gasteiger charge is 2.03. The van der Waals surface area contributed by atoms with Crippen molar-refractivity contribution in [3.8, 4) is 0 Å². The molecule has 0 atom stereocenters. The molecule has 0 saturated heterocycles. The van der Waals surface area contributed by atoms with Gasteiger partial charge in [0.25, 0.3) is 0 Å². The zero-order valence-corrected chi connectivity index (χ0v) is 9.40. The molecular weight excluding hydrogens is 178 g/mol. The first-order valence-corrected chi connectivity index (χ1v) is 5.41. The second kappa shape index (κ2) is 4.38. The Labute approximate surface area is 83.4 Å². The summed E-state index contributed by atoms with van der Waals surface area (Å²) in [5.74, 6) is 0. The lowest BCUT2D eigenvalue weighted by molar-refractivity contribution is 1.37. The molecule has 0 aliphatic carbocycles. The fourth-order valence-corrected chi connectivity index (χ4v) is 2.19. The van der Waals surface area contributed by atoms with Gasteiger partial charge < -0.3 is 0 Å². The zero-order valence-electron chi connectivity index (χ0n) is 8.59. The number of hydrogen-bond donors (Lipinski definition) is 0. The van der Waals surface area contributed by atoms with E-state index in [0.29, 0.717) is 0 Å². The van der Waals surface area contributed by atoms with Gasteiger partial charge in [0.05, 0.1) is 10.2 Å². The molecule has 2 heteroatoms. The molecule has 0 N–H and O–H groups in total. The molecule has 0 aromatic carbocycles. The molecule has 0 fully saturated rings. The third-order valence-corrected chi connectivity index (χ3v) is 3.08. The quantitative estimate of drug-likeness (QED) is 0.617. The van der Waals surface area contributed by atoms with E-state index < -0.39 is 0 Å². The van der Waals surface area contributed by atoms with Crippen LogP contribution in [0.5, 0.6) is 0 Å². The van der Waals surface area contributed by atoms with Crippen LogP contribution in [0.4, 0.5) is 0 Å². The topological polar surface area (TPSA) is 12.9 Å². The van der Waals surface area contributed by atoms with Crippen molar-refractivity contribution in [3.05, 3.63) is 28.8 Å². The maximum atomic E-state index is 4.31. The third-order valence-electron chi connectivity index (χ3n) is 1.92. The lowest BCUT2D eigenvalue weighted by Gasteiger charge is -1.87. The van der Waals surface area contributed by atoms with Gasteiger partial charge in [0, 0.05) is 11.1 Å². The highest BCUT2D eigenvalue weighted by molar-refractivity contribution is 7.19. The summed E-state index contributed by atoms with van der Waals surface area (Å²) in [5.41, 5.74) is 2.49. The molecule has 1 nitrogen and oxygen atoms in total. The number of hydrogen-bond acceptors (Lipinski definition) is 2. The van der Waals surface area contributed by atoms with Crippen LogP contribution in [0.2, 0.25) is 0 Å². The molecule has 0 spiro atoms. The van der Waals surface area contributed by atoms with Gasteiger partial charge in [-0.15, -0.1) is 11.3 Å². The van der Waals surface area contributed by atoms with Gasteiger partial charge in [-0.05, 0) is 31.5 Å². The van der Waals surface area contributed by atoms with Gasteiger partial charge in [0.2, 0.25) is 0 Å². The summed E-state index contributed by atoms with van der Waals surface area (Å²) in [4.78, 5) is 5.69. The van der Waals surface area contributed by atoms with Gasteiger partial charge >= 0.3 is 0 Å². The van der Waals surface area contributed by atoms with Gasteiger partial charge in [-0.25, -0.2) is 0 Å². The number of rotatable bonds is 0. The Bertz CT molecular complexity index is 390. The number of fused-ring (bicyclic) bond motifs is 1. The Morgan fingerprint density at radius 2 is 1.92 bits per heavy atom. The van der Waals surface area contributed by atoms with E-state index >= 15 is 0 Å². The summed E-state index contributed by atoms with van der Waals surface area (Å²) < 4.78 is 1.29. The van der Waals surface area contributed by atoms with Crippen molar-refractivity contribution in [2.75, 3.05) is 0 Å². The lowest BCUT2D eigenvalue weighted by atomic mass is 10.2. The molecule has 13 heavy (non-hydrogen) atoms. The van der Waals surface area contributed by atoms with E-state index in [1.165, 1.54) is 15.1 Å². The number of aromatic nitrogens is 1. The van der Waals surface area contributed by atoms with E-state index in [4.69, 9.17) is 0 Å². The van der Waals surface area contributed by atoms with E-state index in [-0.39, 0.29) is 0 Å². The predicted molar refractivity (Wildman–Crippen MR) is 60.4 cm³/mol. The van der Waals surface area contributed by atoms with E-state index in [1.54, 1.807) is 0 Å². The molecule has 0 aliphatic heterocycles. The minimum atomic E-state index is 1.16. The highest BCUT2D eigenvalue weighted by Crippen LogP contribution is 2.27. The molecule has 70 valence electrons. The van der Waals surface area contributed by atoms with Crippen LogP contribution in [0.15, 0.2) is 18.3 Å². The lowest BCUT2D eigenvalue weighted by Crippen LogP contribution is -1.74. The zero-order chi connectivity index (χ0) is 9.84. The first-order valence-electron chi connectivity index (χ1n) is 4.60. The number of thiophene rings is 1. The third kappa shape index (κ3) is 1.89. The fourth-order valence-electron chi connectivity index (χ4n) is 1.16. The fraction of sp³-hybridized carbons (Fsp3) is 0.364.